The van der Waals surface area contributed by atoms with Crippen LogP contribution in [0.2, 0.25) is 0 Å². The van der Waals surface area contributed by atoms with Crippen molar-refractivity contribution in [2.45, 2.75) is 38.3 Å². The van der Waals surface area contributed by atoms with Crippen molar-refractivity contribution in [3.63, 3.8) is 0 Å². The van der Waals surface area contributed by atoms with Crippen LogP contribution in [-0.2, 0) is 21.4 Å². The van der Waals surface area contributed by atoms with Gasteiger partial charge in [-0.05, 0) is 38.5 Å². The number of aromatic nitrogens is 1. The number of halogens is 1. The van der Waals surface area contributed by atoms with Gasteiger partial charge in [0.1, 0.15) is 16.4 Å². The number of amides is 1. The lowest BCUT2D eigenvalue weighted by Crippen LogP contribution is -2.44. The van der Waals surface area contributed by atoms with Crippen molar-refractivity contribution in [3.8, 4) is 0 Å². The third-order valence-electron chi connectivity index (χ3n) is 3.34. The molecule has 0 fully saturated rings. The maximum absolute atomic E-state index is 12.8. The summed E-state index contributed by atoms with van der Waals surface area (Å²) >= 11 is 0. The van der Waals surface area contributed by atoms with E-state index in [9.17, 15) is 17.6 Å². The van der Waals surface area contributed by atoms with E-state index in [2.05, 4.69) is 15.2 Å². The summed E-state index contributed by atoms with van der Waals surface area (Å²) in [6.45, 7) is 4.57. The Hall–Kier alpha value is -2.26. The van der Waals surface area contributed by atoms with E-state index in [-0.39, 0.29) is 28.7 Å². The summed E-state index contributed by atoms with van der Waals surface area (Å²) in [5.41, 5.74) is 0.921. The van der Waals surface area contributed by atoms with Gasteiger partial charge in [-0.3, -0.25) is 4.79 Å². The van der Waals surface area contributed by atoms with Crippen molar-refractivity contribution in [1.82, 2.24) is 15.2 Å². The third-order valence-corrected chi connectivity index (χ3v) is 5.13. The lowest BCUT2D eigenvalue weighted by atomic mass is 10.2. The maximum Gasteiger partial charge on any atom is 0.246 e. The van der Waals surface area contributed by atoms with Gasteiger partial charge in [-0.2, -0.15) is 4.72 Å². The fraction of sp³-hybridized carbons (Fsp3) is 0.333. The highest BCUT2D eigenvalue weighted by Crippen LogP contribution is 2.18. The van der Waals surface area contributed by atoms with Gasteiger partial charge >= 0.3 is 0 Å². The second-order valence-electron chi connectivity index (χ2n) is 5.34. The number of nitrogens with one attached hydrogen (secondary N) is 2. The van der Waals surface area contributed by atoms with Crippen molar-refractivity contribution >= 4 is 15.9 Å². The smallest absolute Gasteiger partial charge is 0.246 e. The van der Waals surface area contributed by atoms with Crippen molar-refractivity contribution in [2.24, 2.45) is 0 Å². The van der Waals surface area contributed by atoms with Crippen molar-refractivity contribution in [3.05, 3.63) is 47.1 Å². The van der Waals surface area contributed by atoms with Crippen LogP contribution in [0.25, 0.3) is 0 Å². The molecule has 24 heavy (non-hydrogen) atoms. The van der Waals surface area contributed by atoms with Crippen LogP contribution in [0, 0.1) is 19.7 Å². The molecule has 2 N–H and O–H groups in total. The second-order valence-corrected chi connectivity index (χ2v) is 6.99. The highest BCUT2D eigenvalue weighted by Gasteiger charge is 2.27. The molecule has 1 aromatic heterocycles. The van der Waals surface area contributed by atoms with E-state index >= 15 is 0 Å². The number of benzene rings is 1. The molecule has 1 atom stereocenters. The Morgan fingerprint density at radius 3 is 2.46 bits per heavy atom. The van der Waals surface area contributed by atoms with Gasteiger partial charge in [0, 0.05) is 6.54 Å². The number of aryl methyl sites for hydroxylation is 2. The van der Waals surface area contributed by atoms with Gasteiger partial charge in [0.15, 0.2) is 5.76 Å². The molecule has 1 aromatic carbocycles. The topological polar surface area (TPSA) is 101 Å². The first-order valence-corrected chi connectivity index (χ1v) is 8.66. The molecule has 9 heteroatoms. The fourth-order valence-electron chi connectivity index (χ4n) is 2.15. The maximum atomic E-state index is 12.8. The number of rotatable bonds is 6. The van der Waals surface area contributed by atoms with Crippen LogP contribution in [0.3, 0.4) is 0 Å². The molecule has 130 valence electrons. The molecule has 1 heterocycles. The summed E-state index contributed by atoms with van der Waals surface area (Å²) in [6, 6.07) is 4.64. The number of nitrogens with zero attached hydrogens (tertiary/aromatic N) is 1. The second kappa shape index (κ2) is 7.10. The van der Waals surface area contributed by atoms with Gasteiger partial charge in [-0.15, -0.1) is 0 Å². The van der Waals surface area contributed by atoms with Crippen LogP contribution >= 0.6 is 0 Å². The molecule has 2 rings (SSSR count). The molecule has 0 aliphatic rings. The minimum Gasteiger partial charge on any atom is -0.360 e. The molecule has 2 aromatic rings. The van der Waals surface area contributed by atoms with Crippen LogP contribution in [0.4, 0.5) is 4.39 Å². The monoisotopic (exact) mass is 355 g/mol. The van der Waals surface area contributed by atoms with Gasteiger partial charge < -0.3 is 9.84 Å². The van der Waals surface area contributed by atoms with Crippen molar-refractivity contribution in [1.29, 1.82) is 0 Å². The Kier molecular flexibility index (Phi) is 5.35. The molecule has 0 radical (unpaired) electrons. The third kappa shape index (κ3) is 4.18. The summed E-state index contributed by atoms with van der Waals surface area (Å²) in [4.78, 5) is 12.0. The molecule has 0 unspecified atom stereocenters. The number of sulfonamides is 1. The van der Waals surface area contributed by atoms with E-state index in [0.29, 0.717) is 5.56 Å². The highest BCUT2D eigenvalue weighted by molar-refractivity contribution is 7.89. The molecule has 0 saturated heterocycles. The molecule has 0 bridgehead atoms. The average molecular weight is 355 g/mol. The summed E-state index contributed by atoms with van der Waals surface area (Å²) in [6.07, 6.45) is 0. The number of carbonyl (C=O) groups is 1. The van der Waals surface area contributed by atoms with E-state index in [1.54, 1.807) is 0 Å². The zero-order chi connectivity index (χ0) is 17.9. The lowest BCUT2D eigenvalue weighted by molar-refractivity contribution is -0.122. The summed E-state index contributed by atoms with van der Waals surface area (Å²) < 4.78 is 44.6. The number of hydrogen-bond acceptors (Lipinski definition) is 5. The lowest BCUT2D eigenvalue weighted by Gasteiger charge is -2.14. The summed E-state index contributed by atoms with van der Waals surface area (Å²) in [5.74, 6) is -0.723. The largest absolute Gasteiger partial charge is 0.360 e. The number of carbonyl (C=O) groups excluding carboxylic acids is 1. The fourth-order valence-corrected chi connectivity index (χ4v) is 3.68. The zero-order valence-electron chi connectivity index (χ0n) is 13.5. The molecule has 0 aliphatic heterocycles. The Labute approximate surface area is 139 Å². The zero-order valence-corrected chi connectivity index (χ0v) is 14.3. The first kappa shape index (κ1) is 18.1. The van der Waals surface area contributed by atoms with Crippen LogP contribution in [0.5, 0.6) is 0 Å². The van der Waals surface area contributed by atoms with Crippen LogP contribution < -0.4 is 10.0 Å². The van der Waals surface area contributed by atoms with Gasteiger partial charge in [0.25, 0.3) is 0 Å². The van der Waals surface area contributed by atoms with E-state index in [1.807, 2.05) is 0 Å². The van der Waals surface area contributed by atoms with Crippen molar-refractivity contribution in [2.75, 3.05) is 0 Å². The van der Waals surface area contributed by atoms with Crippen LogP contribution in [0.15, 0.2) is 33.7 Å². The molecule has 7 nitrogen and oxygen atoms in total. The Balaban J connectivity index is 1.99. The standard InChI is InChI=1S/C15H18FN3O4S/c1-9-14(11(3)23-18-9)24(21,22)19-10(2)15(20)17-8-12-4-6-13(16)7-5-12/h4-7,10,19H,8H2,1-3H3,(H,17,20)/t10-/m0/s1. The van der Waals surface area contributed by atoms with E-state index in [1.165, 1.54) is 45.0 Å². The quantitative estimate of drug-likeness (QED) is 0.816. The Morgan fingerprint density at radius 1 is 1.29 bits per heavy atom. The summed E-state index contributed by atoms with van der Waals surface area (Å²) in [5, 5.41) is 6.18. The Bertz CT molecular complexity index is 811. The normalized spacial score (nSPS) is 12.8. The predicted octanol–water partition coefficient (Wildman–Crippen LogP) is 1.41. The minimum atomic E-state index is -3.93. The SMILES string of the molecule is Cc1noc(C)c1S(=O)(=O)N[C@@H](C)C(=O)NCc1ccc(F)cc1. The van der Waals surface area contributed by atoms with E-state index < -0.39 is 22.0 Å². The van der Waals surface area contributed by atoms with Gasteiger partial charge in [-0.25, -0.2) is 12.8 Å². The minimum absolute atomic E-state index is 0.0688. The van der Waals surface area contributed by atoms with E-state index in [4.69, 9.17) is 4.52 Å². The van der Waals surface area contributed by atoms with E-state index in [0.717, 1.165) is 0 Å². The molecular weight excluding hydrogens is 337 g/mol. The van der Waals surface area contributed by atoms with Gasteiger partial charge in [-0.1, -0.05) is 17.3 Å². The first-order chi connectivity index (χ1) is 11.2. The first-order valence-electron chi connectivity index (χ1n) is 7.18. The Morgan fingerprint density at radius 2 is 1.92 bits per heavy atom. The molecule has 1 amide bonds. The number of hydrogen-bond donors (Lipinski definition) is 2. The predicted molar refractivity (Wildman–Crippen MR) is 84.0 cm³/mol. The average Bonchev–Trinajstić information content (AvgIpc) is 2.85. The molecular formula is C15H18FN3O4S. The molecule has 0 saturated carbocycles. The molecule has 0 spiro atoms. The molecule has 0 aliphatic carbocycles. The summed E-state index contributed by atoms with van der Waals surface area (Å²) in [7, 11) is -3.93. The van der Waals surface area contributed by atoms with Crippen molar-refractivity contribution < 1.29 is 22.1 Å². The van der Waals surface area contributed by atoms with Gasteiger partial charge in [0.05, 0.1) is 6.04 Å². The van der Waals surface area contributed by atoms with Crippen LogP contribution in [0.1, 0.15) is 23.9 Å². The highest BCUT2D eigenvalue weighted by atomic mass is 32.2. The van der Waals surface area contributed by atoms with Crippen LogP contribution in [-0.4, -0.2) is 25.5 Å². The van der Waals surface area contributed by atoms with Gasteiger partial charge in [0.2, 0.25) is 15.9 Å².